The second kappa shape index (κ2) is 6.68. The Kier molecular flexibility index (Phi) is 4.63. The van der Waals surface area contributed by atoms with Crippen molar-refractivity contribution in [2.75, 3.05) is 12.4 Å². The summed E-state index contributed by atoms with van der Waals surface area (Å²) in [5.41, 5.74) is 2.71. The van der Waals surface area contributed by atoms with Crippen LogP contribution in [0.5, 0.6) is 5.75 Å². The molecular formula is C17H15BrN2O2S. The van der Waals surface area contributed by atoms with Gasteiger partial charge in [-0.3, -0.25) is 10.1 Å². The maximum atomic E-state index is 12.4. The minimum absolute atomic E-state index is 0.192. The number of ether oxygens (including phenoxy) is 1. The molecule has 0 saturated carbocycles. The first-order valence-corrected chi connectivity index (χ1v) is 8.76. The first-order valence-electron chi connectivity index (χ1n) is 7.15. The largest absolute Gasteiger partial charge is 0.496 e. The van der Waals surface area contributed by atoms with Gasteiger partial charge < -0.3 is 4.74 Å². The molecule has 3 rings (SSSR count). The van der Waals surface area contributed by atoms with Gasteiger partial charge >= 0.3 is 0 Å². The molecule has 0 aliphatic heterocycles. The molecule has 4 nitrogen and oxygen atoms in total. The number of halogens is 1. The summed E-state index contributed by atoms with van der Waals surface area (Å²) in [7, 11) is 1.59. The Bertz CT molecular complexity index is 876. The quantitative estimate of drug-likeness (QED) is 0.690. The van der Waals surface area contributed by atoms with E-state index < -0.39 is 0 Å². The molecule has 6 heteroatoms. The number of nitrogens with one attached hydrogen (secondary N) is 1. The first-order chi connectivity index (χ1) is 11.1. The van der Waals surface area contributed by atoms with E-state index in [0.29, 0.717) is 16.4 Å². The van der Waals surface area contributed by atoms with Gasteiger partial charge in [-0.1, -0.05) is 24.3 Å². The van der Waals surface area contributed by atoms with Gasteiger partial charge in [-0.15, -0.1) is 0 Å². The third-order valence-corrected chi connectivity index (χ3v) is 5.05. The number of rotatable bonds is 4. The summed E-state index contributed by atoms with van der Waals surface area (Å²) in [5, 5.41) is 3.46. The molecule has 0 bridgehead atoms. The van der Waals surface area contributed by atoms with Crippen molar-refractivity contribution in [2.24, 2.45) is 0 Å². The second-order valence-corrected chi connectivity index (χ2v) is 6.86. The summed E-state index contributed by atoms with van der Waals surface area (Å²) in [5.74, 6) is 0.497. The Morgan fingerprint density at radius 2 is 2.13 bits per heavy atom. The molecule has 0 fully saturated rings. The molecule has 1 N–H and O–H groups in total. The van der Waals surface area contributed by atoms with Gasteiger partial charge in [-0.05, 0) is 58.2 Å². The van der Waals surface area contributed by atoms with Gasteiger partial charge in [0.1, 0.15) is 5.75 Å². The average Bonchev–Trinajstić information content (AvgIpc) is 2.95. The lowest BCUT2D eigenvalue weighted by molar-refractivity contribution is 0.102. The van der Waals surface area contributed by atoms with Crippen LogP contribution in [0.1, 0.15) is 22.8 Å². The van der Waals surface area contributed by atoms with Crippen LogP contribution < -0.4 is 10.1 Å². The maximum absolute atomic E-state index is 12.4. The molecule has 2 aromatic carbocycles. The van der Waals surface area contributed by atoms with E-state index in [2.05, 4.69) is 45.3 Å². The Hall–Kier alpha value is -1.92. The number of carbonyl (C=O) groups excluding carboxylic acids is 1. The minimum Gasteiger partial charge on any atom is -0.496 e. The van der Waals surface area contributed by atoms with Gasteiger partial charge in [-0.25, -0.2) is 4.98 Å². The number of aromatic nitrogens is 1. The van der Waals surface area contributed by atoms with Crippen LogP contribution in [0.4, 0.5) is 5.13 Å². The molecule has 3 aromatic rings. The second-order valence-electron chi connectivity index (χ2n) is 4.98. The van der Waals surface area contributed by atoms with E-state index in [9.17, 15) is 4.79 Å². The van der Waals surface area contributed by atoms with Crippen molar-refractivity contribution in [3.05, 3.63) is 52.0 Å². The zero-order chi connectivity index (χ0) is 16.4. The Balaban J connectivity index is 1.83. The highest BCUT2D eigenvalue weighted by Crippen LogP contribution is 2.29. The zero-order valence-electron chi connectivity index (χ0n) is 12.7. The van der Waals surface area contributed by atoms with Crippen molar-refractivity contribution in [3.63, 3.8) is 0 Å². The number of benzene rings is 2. The molecule has 1 aromatic heterocycles. The third kappa shape index (κ3) is 3.38. The smallest absolute Gasteiger partial charge is 0.257 e. The molecule has 1 heterocycles. The average molecular weight is 391 g/mol. The van der Waals surface area contributed by atoms with Crippen LogP contribution in [0, 0.1) is 0 Å². The van der Waals surface area contributed by atoms with Crippen LogP contribution in [0.2, 0.25) is 0 Å². The fourth-order valence-corrected chi connectivity index (χ4v) is 3.68. The molecule has 1 amide bonds. The van der Waals surface area contributed by atoms with Crippen LogP contribution in [0.3, 0.4) is 0 Å². The van der Waals surface area contributed by atoms with Crippen LogP contribution in [-0.4, -0.2) is 18.0 Å². The van der Waals surface area contributed by atoms with E-state index in [1.807, 2.05) is 6.07 Å². The standard InChI is InChI=1S/C17H15BrN2O2S/c1-3-10-4-6-13-15(8-10)23-17(19-13)20-16(21)11-5-7-14(22-2)12(18)9-11/h4-9H,3H2,1-2H3,(H,19,20,21). The summed E-state index contributed by atoms with van der Waals surface area (Å²) in [4.78, 5) is 16.8. The van der Waals surface area contributed by atoms with Crippen molar-refractivity contribution < 1.29 is 9.53 Å². The fraction of sp³-hybridized carbons (Fsp3) is 0.176. The molecule has 0 aliphatic rings. The lowest BCUT2D eigenvalue weighted by Gasteiger charge is -2.05. The summed E-state index contributed by atoms with van der Waals surface area (Å²) in [6.45, 7) is 2.12. The van der Waals surface area contributed by atoms with Gasteiger partial charge in [-0.2, -0.15) is 0 Å². The fourth-order valence-electron chi connectivity index (χ4n) is 2.22. The molecule has 0 radical (unpaired) electrons. The number of fused-ring (bicyclic) bond motifs is 1. The normalized spacial score (nSPS) is 10.7. The van der Waals surface area contributed by atoms with Crippen molar-refractivity contribution in [1.82, 2.24) is 4.98 Å². The van der Waals surface area contributed by atoms with Crippen molar-refractivity contribution in [1.29, 1.82) is 0 Å². The predicted molar refractivity (Wildman–Crippen MR) is 97.6 cm³/mol. The van der Waals surface area contributed by atoms with Gasteiger partial charge in [0.2, 0.25) is 0 Å². The summed E-state index contributed by atoms with van der Waals surface area (Å²) >= 11 is 4.87. The van der Waals surface area contributed by atoms with Crippen molar-refractivity contribution in [2.45, 2.75) is 13.3 Å². The maximum Gasteiger partial charge on any atom is 0.257 e. The topological polar surface area (TPSA) is 51.2 Å². The van der Waals surface area contributed by atoms with Crippen LogP contribution >= 0.6 is 27.3 Å². The molecule has 0 unspecified atom stereocenters. The molecule has 0 atom stereocenters. The number of carbonyl (C=O) groups is 1. The molecule has 23 heavy (non-hydrogen) atoms. The number of nitrogens with zero attached hydrogens (tertiary/aromatic N) is 1. The first kappa shape index (κ1) is 16.0. The van der Waals surface area contributed by atoms with E-state index >= 15 is 0 Å². The Morgan fingerprint density at radius 3 is 2.83 bits per heavy atom. The predicted octanol–water partition coefficient (Wildman–Crippen LogP) is 4.88. The van der Waals surface area contributed by atoms with E-state index in [0.717, 1.165) is 21.1 Å². The summed E-state index contributed by atoms with van der Waals surface area (Å²) in [6.07, 6.45) is 0.982. The van der Waals surface area contributed by atoms with E-state index in [1.54, 1.807) is 25.3 Å². The van der Waals surface area contributed by atoms with Crippen LogP contribution in [-0.2, 0) is 6.42 Å². The number of thiazole rings is 1. The number of aryl methyl sites for hydroxylation is 1. The van der Waals surface area contributed by atoms with Gasteiger partial charge in [0.05, 0.1) is 21.8 Å². The van der Waals surface area contributed by atoms with E-state index in [1.165, 1.54) is 16.9 Å². The van der Waals surface area contributed by atoms with Crippen LogP contribution in [0.25, 0.3) is 10.2 Å². The number of hydrogen-bond acceptors (Lipinski definition) is 4. The SMILES string of the molecule is CCc1ccc2nc(NC(=O)c3ccc(OC)c(Br)c3)sc2c1. The highest BCUT2D eigenvalue weighted by Gasteiger charge is 2.12. The number of amides is 1. The lowest BCUT2D eigenvalue weighted by Crippen LogP contribution is -2.11. The van der Waals surface area contributed by atoms with Gasteiger partial charge in [0.15, 0.2) is 5.13 Å². The molecule has 118 valence electrons. The highest BCUT2D eigenvalue weighted by molar-refractivity contribution is 9.10. The third-order valence-electron chi connectivity index (χ3n) is 3.50. The molecular weight excluding hydrogens is 376 g/mol. The Labute approximate surface area is 146 Å². The number of hydrogen-bond donors (Lipinski definition) is 1. The van der Waals surface area contributed by atoms with E-state index in [-0.39, 0.29) is 5.91 Å². The zero-order valence-corrected chi connectivity index (χ0v) is 15.1. The summed E-state index contributed by atoms with van der Waals surface area (Å²) in [6, 6.07) is 11.4. The summed E-state index contributed by atoms with van der Waals surface area (Å²) < 4.78 is 6.99. The number of methoxy groups -OCH3 is 1. The monoisotopic (exact) mass is 390 g/mol. The van der Waals surface area contributed by atoms with Gasteiger partial charge in [0, 0.05) is 5.56 Å². The van der Waals surface area contributed by atoms with Crippen LogP contribution in [0.15, 0.2) is 40.9 Å². The molecule has 0 aliphatic carbocycles. The molecule has 0 spiro atoms. The number of anilines is 1. The van der Waals surface area contributed by atoms with Crippen molar-refractivity contribution in [3.8, 4) is 5.75 Å². The molecule has 0 saturated heterocycles. The van der Waals surface area contributed by atoms with E-state index in [4.69, 9.17) is 4.74 Å². The Morgan fingerprint density at radius 1 is 1.30 bits per heavy atom. The lowest BCUT2D eigenvalue weighted by atomic mass is 10.2. The minimum atomic E-state index is -0.192. The highest BCUT2D eigenvalue weighted by atomic mass is 79.9. The van der Waals surface area contributed by atoms with Gasteiger partial charge in [0.25, 0.3) is 5.91 Å². The van der Waals surface area contributed by atoms with Crippen molar-refractivity contribution >= 4 is 48.5 Å².